The molecule has 18 heavy (non-hydrogen) atoms. The second-order valence-corrected chi connectivity index (χ2v) is 4.30. The molecule has 1 aromatic carbocycles. The van der Waals surface area contributed by atoms with Crippen molar-refractivity contribution in [2.24, 2.45) is 0 Å². The predicted molar refractivity (Wildman–Crippen MR) is 62.5 cm³/mol. The molecule has 98 valence electrons. The Labute approximate surface area is 103 Å². The molecule has 2 aliphatic heterocycles. The Morgan fingerprint density at radius 2 is 2.06 bits per heavy atom. The van der Waals surface area contributed by atoms with Crippen molar-refractivity contribution in [2.45, 2.75) is 6.36 Å². The van der Waals surface area contributed by atoms with Gasteiger partial charge in [0.15, 0.2) is 23.9 Å². The second-order valence-electron chi connectivity index (χ2n) is 4.30. The standard InChI is InChI=1S/C12H14F2N2O2/c13-8-1-2-9-12(17-7-10(14)18-9)11(8)16-5-3-15-4-6-16/h1-2,10,15H,3-7H2. The molecular weight excluding hydrogens is 242 g/mol. The van der Waals surface area contributed by atoms with E-state index in [1.54, 1.807) is 0 Å². The van der Waals surface area contributed by atoms with E-state index in [4.69, 9.17) is 9.47 Å². The van der Waals surface area contributed by atoms with E-state index in [-0.39, 0.29) is 18.2 Å². The Balaban J connectivity index is 1.99. The Kier molecular flexibility index (Phi) is 2.95. The van der Waals surface area contributed by atoms with Crippen LogP contribution in [0.15, 0.2) is 12.1 Å². The third-order valence-corrected chi connectivity index (χ3v) is 3.09. The highest BCUT2D eigenvalue weighted by molar-refractivity contribution is 5.66. The van der Waals surface area contributed by atoms with Gasteiger partial charge < -0.3 is 19.7 Å². The smallest absolute Gasteiger partial charge is 0.272 e. The summed E-state index contributed by atoms with van der Waals surface area (Å²) in [6.45, 7) is 2.76. The summed E-state index contributed by atoms with van der Waals surface area (Å²) in [7, 11) is 0. The number of nitrogens with zero attached hydrogens (tertiary/aromatic N) is 1. The van der Waals surface area contributed by atoms with Gasteiger partial charge in [0.05, 0.1) is 0 Å². The SMILES string of the molecule is Fc1ccc2c(c1N1CCNCC1)OCC(F)O2. The van der Waals surface area contributed by atoms with Crippen molar-refractivity contribution in [3.63, 3.8) is 0 Å². The van der Waals surface area contributed by atoms with E-state index in [2.05, 4.69) is 5.32 Å². The first-order valence-electron chi connectivity index (χ1n) is 5.97. The van der Waals surface area contributed by atoms with Crippen LogP contribution in [0.3, 0.4) is 0 Å². The summed E-state index contributed by atoms with van der Waals surface area (Å²) in [6, 6.07) is 2.69. The van der Waals surface area contributed by atoms with Gasteiger partial charge in [-0.1, -0.05) is 0 Å². The Morgan fingerprint density at radius 1 is 1.28 bits per heavy atom. The number of piperazine rings is 1. The first-order valence-corrected chi connectivity index (χ1v) is 5.97. The van der Waals surface area contributed by atoms with Crippen molar-refractivity contribution in [1.82, 2.24) is 5.32 Å². The van der Waals surface area contributed by atoms with Gasteiger partial charge in [-0.25, -0.2) is 4.39 Å². The number of hydrogen-bond donors (Lipinski definition) is 1. The lowest BCUT2D eigenvalue weighted by atomic mass is 10.2. The van der Waals surface area contributed by atoms with E-state index < -0.39 is 6.36 Å². The Morgan fingerprint density at radius 3 is 2.83 bits per heavy atom. The molecule has 0 saturated carbocycles. The fraction of sp³-hybridized carbons (Fsp3) is 0.500. The van der Waals surface area contributed by atoms with Gasteiger partial charge in [0, 0.05) is 26.2 Å². The molecule has 0 amide bonds. The molecule has 1 N–H and O–H groups in total. The molecule has 1 aromatic rings. The number of nitrogens with one attached hydrogen (secondary N) is 1. The van der Waals surface area contributed by atoms with Crippen LogP contribution in [-0.4, -0.2) is 39.1 Å². The van der Waals surface area contributed by atoms with E-state index >= 15 is 0 Å². The molecule has 6 heteroatoms. The van der Waals surface area contributed by atoms with Gasteiger partial charge in [0.1, 0.15) is 5.69 Å². The zero-order chi connectivity index (χ0) is 12.5. The summed E-state index contributed by atoms with van der Waals surface area (Å²) < 4.78 is 37.4. The van der Waals surface area contributed by atoms with Crippen LogP contribution < -0.4 is 19.7 Å². The lowest BCUT2D eigenvalue weighted by molar-refractivity contribution is -0.00284. The van der Waals surface area contributed by atoms with Gasteiger partial charge in [-0.15, -0.1) is 0 Å². The average Bonchev–Trinajstić information content (AvgIpc) is 2.40. The maximum absolute atomic E-state index is 14.0. The average molecular weight is 256 g/mol. The minimum absolute atomic E-state index is 0.199. The van der Waals surface area contributed by atoms with Gasteiger partial charge >= 0.3 is 0 Å². The number of anilines is 1. The number of alkyl halides is 1. The van der Waals surface area contributed by atoms with E-state index in [1.165, 1.54) is 12.1 Å². The first kappa shape index (κ1) is 11.5. The predicted octanol–water partition coefficient (Wildman–Crippen LogP) is 1.30. The van der Waals surface area contributed by atoms with Gasteiger partial charge in [0.2, 0.25) is 0 Å². The lowest BCUT2D eigenvalue weighted by Crippen LogP contribution is -2.44. The number of ether oxygens (including phenoxy) is 2. The van der Waals surface area contributed by atoms with Gasteiger partial charge in [-0.2, -0.15) is 4.39 Å². The lowest BCUT2D eigenvalue weighted by Gasteiger charge is -2.33. The van der Waals surface area contributed by atoms with Crippen molar-refractivity contribution in [3.8, 4) is 11.5 Å². The van der Waals surface area contributed by atoms with Crippen LogP contribution in [0.1, 0.15) is 0 Å². The van der Waals surface area contributed by atoms with Crippen LogP contribution in [0.4, 0.5) is 14.5 Å². The summed E-state index contributed by atoms with van der Waals surface area (Å²) in [5.74, 6) is 0.214. The van der Waals surface area contributed by atoms with Crippen LogP contribution in [0.5, 0.6) is 11.5 Å². The largest absolute Gasteiger partial charge is 0.481 e. The number of hydrogen-bond acceptors (Lipinski definition) is 4. The molecule has 2 heterocycles. The van der Waals surface area contributed by atoms with Crippen molar-refractivity contribution in [1.29, 1.82) is 0 Å². The third-order valence-electron chi connectivity index (χ3n) is 3.09. The Hall–Kier alpha value is -1.56. The van der Waals surface area contributed by atoms with E-state index in [1.807, 2.05) is 4.90 Å². The molecule has 3 rings (SSSR count). The summed E-state index contributed by atoms with van der Waals surface area (Å²) in [5, 5.41) is 3.19. The zero-order valence-electron chi connectivity index (χ0n) is 9.79. The van der Waals surface area contributed by atoms with Gasteiger partial charge in [-0.3, -0.25) is 0 Å². The minimum atomic E-state index is -1.49. The number of fused-ring (bicyclic) bond motifs is 1. The number of rotatable bonds is 1. The fourth-order valence-electron chi connectivity index (χ4n) is 2.26. The summed E-state index contributed by atoms with van der Waals surface area (Å²) in [4.78, 5) is 1.90. The molecule has 1 saturated heterocycles. The summed E-state index contributed by atoms with van der Waals surface area (Å²) >= 11 is 0. The van der Waals surface area contributed by atoms with Gasteiger partial charge in [-0.05, 0) is 12.1 Å². The van der Waals surface area contributed by atoms with Crippen molar-refractivity contribution in [3.05, 3.63) is 17.9 Å². The molecule has 4 nitrogen and oxygen atoms in total. The van der Waals surface area contributed by atoms with Crippen LogP contribution in [0.25, 0.3) is 0 Å². The normalized spacial score (nSPS) is 23.0. The molecular formula is C12H14F2N2O2. The van der Waals surface area contributed by atoms with Crippen LogP contribution >= 0.6 is 0 Å². The molecule has 1 fully saturated rings. The monoisotopic (exact) mass is 256 g/mol. The molecule has 0 aromatic heterocycles. The summed E-state index contributed by atoms with van der Waals surface area (Å²) in [5.41, 5.74) is 0.376. The van der Waals surface area contributed by atoms with Crippen molar-refractivity contribution in [2.75, 3.05) is 37.7 Å². The molecule has 0 spiro atoms. The second kappa shape index (κ2) is 4.61. The first-order chi connectivity index (χ1) is 8.75. The third kappa shape index (κ3) is 1.96. The Bertz CT molecular complexity index is 450. The molecule has 0 aliphatic carbocycles. The highest BCUT2D eigenvalue weighted by Crippen LogP contribution is 2.42. The highest BCUT2D eigenvalue weighted by Gasteiger charge is 2.28. The van der Waals surface area contributed by atoms with Crippen LogP contribution in [0.2, 0.25) is 0 Å². The molecule has 1 unspecified atom stereocenters. The number of halogens is 2. The van der Waals surface area contributed by atoms with E-state index in [0.717, 1.165) is 13.1 Å². The highest BCUT2D eigenvalue weighted by atomic mass is 19.1. The van der Waals surface area contributed by atoms with Gasteiger partial charge in [0.25, 0.3) is 6.36 Å². The topological polar surface area (TPSA) is 33.7 Å². The quantitative estimate of drug-likeness (QED) is 0.821. The van der Waals surface area contributed by atoms with Crippen molar-refractivity contribution < 1.29 is 18.3 Å². The van der Waals surface area contributed by atoms with Crippen molar-refractivity contribution >= 4 is 5.69 Å². The summed E-state index contributed by atoms with van der Waals surface area (Å²) in [6.07, 6.45) is -1.49. The fourth-order valence-corrected chi connectivity index (χ4v) is 2.26. The van der Waals surface area contributed by atoms with Crippen LogP contribution in [-0.2, 0) is 0 Å². The molecule has 2 aliphatic rings. The maximum Gasteiger partial charge on any atom is 0.272 e. The van der Waals surface area contributed by atoms with E-state index in [0.29, 0.717) is 24.5 Å². The maximum atomic E-state index is 14.0. The number of benzene rings is 1. The minimum Gasteiger partial charge on any atom is -0.481 e. The zero-order valence-corrected chi connectivity index (χ0v) is 9.79. The molecule has 0 bridgehead atoms. The molecule has 0 radical (unpaired) electrons. The van der Waals surface area contributed by atoms with E-state index in [9.17, 15) is 8.78 Å². The van der Waals surface area contributed by atoms with Crippen LogP contribution in [0, 0.1) is 5.82 Å². The molecule has 1 atom stereocenters.